The maximum Gasteiger partial charge on any atom is 0.124 e. The van der Waals surface area contributed by atoms with Gasteiger partial charge < -0.3 is 5.73 Å². The van der Waals surface area contributed by atoms with Crippen molar-refractivity contribution in [3.63, 3.8) is 0 Å². The van der Waals surface area contributed by atoms with Gasteiger partial charge in [-0.05, 0) is 35.7 Å². The van der Waals surface area contributed by atoms with Gasteiger partial charge in [-0.1, -0.05) is 12.1 Å². The molecule has 0 fully saturated rings. The van der Waals surface area contributed by atoms with E-state index in [1.165, 1.54) is 6.07 Å². The number of rotatable bonds is 3. The summed E-state index contributed by atoms with van der Waals surface area (Å²) < 4.78 is 14.1. The maximum absolute atomic E-state index is 13.2. The molecule has 0 bridgehead atoms. The van der Waals surface area contributed by atoms with Gasteiger partial charge in [0, 0.05) is 33.9 Å². The molecule has 2 nitrogen and oxygen atoms in total. The number of fused-ring (bicyclic) bond motifs is 1. The van der Waals surface area contributed by atoms with Crippen molar-refractivity contribution in [1.82, 2.24) is 4.98 Å². The second-order valence-electron chi connectivity index (χ2n) is 4.46. The maximum atomic E-state index is 13.2. The van der Waals surface area contributed by atoms with Crippen molar-refractivity contribution in [3.8, 4) is 0 Å². The Morgan fingerprint density at radius 3 is 2.89 bits per heavy atom. The Balaban J connectivity index is 1.87. The lowest BCUT2D eigenvalue weighted by Crippen LogP contribution is -2.12. The lowest BCUT2D eigenvalue weighted by molar-refractivity contribution is 0.630. The van der Waals surface area contributed by atoms with Gasteiger partial charge in [-0.25, -0.2) is 4.39 Å². The van der Waals surface area contributed by atoms with Gasteiger partial charge in [-0.3, -0.25) is 4.98 Å². The number of aromatic nitrogens is 1. The predicted octanol–water partition coefficient (Wildman–Crippen LogP) is 3.68. The zero-order valence-electron chi connectivity index (χ0n) is 10.2. The van der Waals surface area contributed by atoms with E-state index in [0.29, 0.717) is 6.42 Å². The van der Waals surface area contributed by atoms with Crippen molar-refractivity contribution >= 4 is 21.4 Å². The molecule has 0 saturated carbocycles. The first-order chi connectivity index (χ1) is 9.22. The van der Waals surface area contributed by atoms with Gasteiger partial charge >= 0.3 is 0 Å². The van der Waals surface area contributed by atoms with E-state index >= 15 is 0 Å². The molecule has 0 aliphatic rings. The molecule has 0 radical (unpaired) electrons. The first kappa shape index (κ1) is 12.3. The van der Waals surface area contributed by atoms with Crippen molar-refractivity contribution in [3.05, 3.63) is 65.0 Å². The molecule has 0 spiro atoms. The van der Waals surface area contributed by atoms with Crippen LogP contribution in [0.1, 0.15) is 16.6 Å². The van der Waals surface area contributed by atoms with Crippen LogP contribution in [0.4, 0.5) is 4.39 Å². The van der Waals surface area contributed by atoms with E-state index in [-0.39, 0.29) is 11.9 Å². The third-order valence-electron chi connectivity index (χ3n) is 3.02. The summed E-state index contributed by atoms with van der Waals surface area (Å²) in [6, 6.07) is 12.6. The van der Waals surface area contributed by atoms with Gasteiger partial charge in [-0.15, -0.1) is 11.3 Å². The molecule has 1 aromatic carbocycles. The Morgan fingerprint density at radius 1 is 1.21 bits per heavy atom. The van der Waals surface area contributed by atoms with Crippen molar-refractivity contribution < 1.29 is 4.39 Å². The highest BCUT2D eigenvalue weighted by molar-refractivity contribution is 7.19. The van der Waals surface area contributed by atoms with E-state index in [1.54, 1.807) is 29.7 Å². The summed E-state index contributed by atoms with van der Waals surface area (Å²) in [6.45, 7) is 0. The highest BCUT2D eigenvalue weighted by Gasteiger charge is 2.11. The van der Waals surface area contributed by atoms with Crippen molar-refractivity contribution in [2.75, 3.05) is 0 Å². The molecule has 1 unspecified atom stereocenters. The Morgan fingerprint density at radius 2 is 2.11 bits per heavy atom. The third kappa shape index (κ3) is 2.64. The van der Waals surface area contributed by atoms with Gasteiger partial charge in [0.2, 0.25) is 0 Å². The second-order valence-corrected chi connectivity index (χ2v) is 5.58. The van der Waals surface area contributed by atoms with Crippen LogP contribution in [0.2, 0.25) is 0 Å². The highest BCUT2D eigenvalue weighted by atomic mass is 32.1. The van der Waals surface area contributed by atoms with E-state index in [2.05, 4.69) is 4.98 Å². The predicted molar refractivity (Wildman–Crippen MR) is 76.7 cm³/mol. The van der Waals surface area contributed by atoms with Crippen LogP contribution in [-0.2, 0) is 6.42 Å². The zero-order valence-corrected chi connectivity index (χ0v) is 11.0. The number of nitrogens with two attached hydrogens (primary N) is 1. The summed E-state index contributed by atoms with van der Waals surface area (Å²) in [4.78, 5) is 5.34. The van der Waals surface area contributed by atoms with E-state index in [9.17, 15) is 4.39 Å². The van der Waals surface area contributed by atoms with Gasteiger partial charge in [0.15, 0.2) is 0 Å². The van der Waals surface area contributed by atoms with Crippen LogP contribution < -0.4 is 5.73 Å². The Bertz CT molecular complexity index is 694. The van der Waals surface area contributed by atoms with Gasteiger partial charge in [0.05, 0.1) is 0 Å². The van der Waals surface area contributed by atoms with Crippen molar-refractivity contribution in [2.24, 2.45) is 5.73 Å². The molecule has 0 amide bonds. The second kappa shape index (κ2) is 5.07. The van der Waals surface area contributed by atoms with E-state index in [1.807, 2.05) is 24.3 Å². The molecule has 1 atom stereocenters. The Labute approximate surface area is 114 Å². The number of halogens is 1. The average Bonchev–Trinajstić information content (AvgIpc) is 2.83. The summed E-state index contributed by atoms with van der Waals surface area (Å²) in [5.74, 6) is -0.209. The minimum Gasteiger partial charge on any atom is -0.323 e. The van der Waals surface area contributed by atoms with Crippen LogP contribution in [-0.4, -0.2) is 4.98 Å². The largest absolute Gasteiger partial charge is 0.323 e. The van der Waals surface area contributed by atoms with Crippen LogP contribution in [0.3, 0.4) is 0 Å². The van der Waals surface area contributed by atoms with Crippen molar-refractivity contribution in [1.29, 1.82) is 0 Å². The average molecular weight is 272 g/mol. The number of benzene rings is 1. The quantitative estimate of drug-likeness (QED) is 0.790. The van der Waals surface area contributed by atoms with Gasteiger partial charge in [0.1, 0.15) is 5.82 Å². The van der Waals surface area contributed by atoms with Crippen molar-refractivity contribution in [2.45, 2.75) is 12.5 Å². The smallest absolute Gasteiger partial charge is 0.124 e. The fourth-order valence-electron chi connectivity index (χ4n) is 2.05. The lowest BCUT2D eigenvalue weighted by Gasteiger charge is -2.08. The molecular formula is C15H13FN2S. The van der Waals surface area contributed by atoms with Crippen LogP contribution >= 0.6 is 11.3 Å². The summed E-state index contributed by atoms with van der Waals surface area (Å²) >= 11 is 1.55. The van der Waals surface area contributed by atoms with Crippen LogP contribution in [0.15, 0.2) is 48.7 Å². The van der Waals surface area contributed by atoms with Crippen LogP contribution in [0, 0.1) is 5.82 Å². The van der Waals surface area contributed by atoms with Crippen LogP contribution in [0.25, 0.3) is 10.1 Å². The Kier molecular flexibility index (Phi) is 3.27. The number of nitrogens with zero attached hydrogens (tertiary/aromatic N) is 1. The molecule has 19 heavy (non-hydrogen) atoms. The molecule has 96 valence electrons. The fourth-order valence-corrected chi connectivity index (χ4v) is 3.14. The molecule has 2 N–H and O–H groups in total. The number of pyridine rings is 1. The first-order valence-electron chi connectivity index (χ1n) is 6.07. The van der Waals surface area contributed by atoms with Crippen LogP contribution in [0.5, 0.6) is 0 Å². The fraction of sp³-hybridized carbons (Fsp3) is 0.133. The molecule has 0 saturated heterocycles. The normalized spacial score (nSPS) is 12.7. The summed E-state index contributed by atoms with van der Waals surface area (Å²) in [5.41, 5.74) is 7.18. The minimum atomic E-state index is -0.209. The topological polar surface area (TPSA) is 38.9 Å². The summed E-state index contributed by atoms with van der Waals surface area (Å²) in [7, 11) is 0. The minimum absolute atomic E-state index is 0.102. The molecule has 3 rings (SSSR count). The van der Waals surface area contributed by atoms with E-state index in [0.717, 1.165) is 20.7 Å². The highest BCUT2D eigenvalue weighted by Crippen LogP contribution is 2.30. The monoisotopic (exact) mass is 272 g/mol. The Hall–Kier alpha value is -1.78. The van der Waals surface area contributed by atoms with E-state index in [4.69, 9.17) is 5.73 Å². The molecule has 4 heteroatoms. The summed E-state index contributed by atoms with van der Waals surface area (Å²) in [5, 5.41) is 1.04. The molecule has 2 aromatic heterocycles. The van der Waals surface area contributed by atoms with Gasteiger partial charge in [0.25, 0.3) is 0 Å². The molecule has 0 aliphatic carbocycles. The molecule has 3 aromatic rings. The van der Waals surface area contributed by atoms with E-state index < -0.39 is 0 Å². The standard InChI is InChI=1S/C15H13FN2S/c16-11-5-4-10-7-15(19-14(10)8-11)13(17)9-12-3-1-2-6-18-12/h1-8,13H,9,17H2. The number of hydrogen-bond donors (Lipinski definition) is 1. The lowest BCUT2D eigenvalue weighted by atomic mass is 10.1. The molecular weight excluding hydrogens is 259 g/mol. The third-order valence-corrected chi connectivity index (χ3v) is 4.25. The summed E-state index contributed by atoms with van der Waals surface area (Å²) in [6.07, 6.45) is 2.46. The molecule has 0 aliphatic heterocycles. The zero-order chi connectivity index (χ0) is 13.2. The molecule has 2 heterocycles. The number of thiophene rings is 1. The van der Waals surface area contributed by atoms with Gasteiger partial charge in [-0.2, -0.15) is 0 Å². The first-order valence-corrected chi connectivity index (χ1v) is 6.88. The number of hydrogen-bond acceptors (Lipinski definition) is 3. The SMILES string of the molecule is NC(Cc1ccccn1)c1cc2ccc(F)cc2s1.